The SMILES string of the molecule is CCC(C)Nc1ccc(OC)cc1OC. The van der Waals surface area contributed by atoms with E-state index in [0.717, 1.165) is 23.6 Å². The fourth-order valence-corrected chi connectivity index (χ4v) is 1.29. The van der Waals surface area contributed by atoms with Gasteiger partial charge >= 0.3 is 0 Å². The lowest BCUT2D eigenvalue weighted by Crippen LogP contribution is -2.13. The highest BCUT2D eigenvalue weighted by Gasteiger charge is 2.06. The van der Waals surface area contributed by atoms with Crippen molar-refractivity contribution < 1.29 is 9.47 Å². The van der Waals surface area contributed by atoms with Gasteiger partial charge in [-0.05, 0) is 25.5 Å². The molecule has 0 radical (unpaired) electrons. The minimum absolute atomic E-state index is 0.437. The van der Waals surface area contributed by atoms with Crippen LogP contribution in [0.25, 0.3) is 0 Å². The van der Waals surface area contributed by atoms with Gasteiger partial charge < -0.3 is 14.8 Å². The Balaban J connectivity index is 2.87. The van der Waals surface area contributed by atoms with Gasteiger partial charge in [-0.1, -0.05) is 6.92 Å². The van der Waals surface area contributed by atoms with Crippen molar-refractivity contribution in [2.24, 2.45) is 0 Å². The normalized spacial score (nSPS) is 12.0. The molecule has 0 spiro atoms. The van der Waals surface area contributed by atoms with Crippen molar-refractivity contribution >= 4 is 5.69 Å². The highest BCUT2D eigenvalue weighted by Crippen LogP contribution is 2.29. The van der Waals surface area contributed by atoms with E-state index in [2.05, 4.69) is 19.2 Å². The minimum atomic E-state index is 0.437. The Kier molecular flexibility index (Phi) is 4.28. The standard InChI is InChI=1S/C12H19NO2/c1-5-9(2)13-11-7-6-10(14-3)8-12(11)15-4/h6-9,13H,5H2,1-4H3. The van der Waals surface area contributed by atoms with Gasteiger partial charge in [-0.15, -0.1) is 0 Å². The topological polar surface area (TPSA) is 30.5 Å². The molecule has 1 unspecified atom stereocenters. The first-order valence-corrected chi connectivity index (χ1v) is 5.19. The lowest BCUT2D eigenvalue weighted by molar-refractivity contribution is 0.395. The van der Waals surface area contributed by atoms with Crippen LogP contribution in [0.15, 0.2) is 18.2 Å². The monoisotopic (exact) mass is 209 g/mol. The fraction of sp³-hybridized carbons (Fsp3) is 0.500. The van der Waals surface area contributed by atoms with Crippen LogP contribution in [-0.2, 0) is 0 Å². The van der Waals surface area contributed by atoms with Crippen molar-refractivity contribution in [2.45, 2.75) is 26.3 Å². The molecule has 1 aromatic rings. The van der Waals surface area contributed by atoms with Crippen molar-refractivity contribution in [2.75, 3.05) is 19.5 Å². The molecule has 0 aliphatic carbocycles. The first-order chi connectivity index (χ1) is 7.21. The zero-order valence-corrected chi connectivity index (χ0v) is 9.83. The molecular weight excluding hydrogens is 190 g/mol. The van der Waals surface area contributed by atoms with Gasteiger partial charge in [-0.25, -0.2) is 0 Å². The van der Waals surface area contributed by atoms with Gasteiger partial charge in [0.1, 0.15) is 11.5 Å². The molecule has 1 rings (SSSR count). The van der Waals surface area contributed by atoms with Gasteiger partial charge in [0.05, 0.1) is 19.9 Å². The number of hydrogen-bond acceptors (Lipinski definition) is 3. The van der Waals surface area contributed by atoms with E-state index in [1.807, 2.05) is 18.2 Å². The first kappa shape index (κ1) is 11.7. The predicted octanol–water partition coefficient (Wildman–Crippen LogP) is 2.91. The van der Waals surface area contributed by atoms with Crippen LogP contribution in [0.2, 0.25) is 0 Å². The smallest absolute Gasteiger partial charge is 0.145 e. The molecule has 3 heteroatoms. The molecule has 1 aromatic carbocycles. The van der Waals surface area contributed by atoms with E-state index in [9.17, 15) is 0 Å². The summed E-state index contributed by atoms with van der Waals surface area (Å²) >= 11 is 0. The molecule has 0 heterocycles. The molecule has 0 saturated heterocycles. The fourth-order valence-electron chi connectivity index (χ4n) is 1.29. The van der Waals surface area contributed by atoms with Crippen LogP contribution in [0.1, 0.15) is 20.3 Å². The zero-order chi connectivity index (χ0) is 11.3. The summed E-state index contributed by atoms with van der Waals surface area (Å²) in [5, 5.41) is 3.38. The molecular formula is C12H19NO2. The summed E-state index contributed by atoms with van der Waals surface area (Å²) in [6.07, 6.45) is 1.08. The number of ether oxygens (including phenoxy) is 2. The van der Waals surface area contributed by atoms with Crippen LogP contribution in [0.3, 0.4) is 0 Å². The summed E-state index contributed by atoms with van der Waals surface area (Å²) in [5.74, 6) is 1.62. The molecule has 84 valence electrons. The Morgan fingerprint density at radius 2 is 2.00 bits per heavy atom. The van der Waals surface area contributed by atoms with E-state index in [-0.39, 0.29) is 0 Å². The van der Waals surface area contributed by atoms with E-state index >= 15 is 0 Å². The molecule has 0 bridgehead atoms. The summed E-state index contributed by atoms with van der Waals surface area (Å²) in [7, 11) is 3.31. The number of rotatable bonds is 5. The van der Waals surface area contributed by atoms with Crippen LogP contribution in [0.5, 0.6) is 11.5 Å². The maximum absolute atomic E-state index is 5.29. The van der Waals surface area contributed by atoms with Crippen LogP contribution < -0.4 is 14.8 Å². The van der Waals surface area contributed by atoms with E-state index in [1.54, 1.807) is 14.2 Å². The molecule has 3 nitrogen and oxygen atoms in total. The second-order valence-corrected chi connectivity index (χ2v) is 3.52. The number of hydrogen-bond donors (Lipinski definition) is 1. The Morgan fingerprint density at radius 3 is 2.53 bits per heavy atom. The van der Waals surface area contributed by atoms with Crippen LogP contribution >= 0.6 is 0 Å². The van der Waals surface area contributed by atoms with Gasteiger partial charge in [0, 0.05) is 12.1 Å². The summed E-state index contributed by atoms with van der Waals surface area (Å²) in [5.41, 5.74) is 1.01. The van der Waals surface area contributed by atoms with Crippen LogP contribution in [0, 0.1) is 0 Å². The van der Waals surface area contributed by atoms with Crippen molar-refractivity contribution in [1.82, 2.24) is 0 Å². The summed E-state index contributed by atoms with van der Waals surface area (Å²) < 4.78 is 10.4. The molecule has 0 aliphatic heterocycles. The average molecular weight is 209 g/mol. The molecule has 1 N–H and O–H groups in total. The molecule has 0 fully saturated rings. The van der Waals surface area contributed by atoms with Crippen molar-refractivity contribution in [3.8, 4) is 11.5 Å². The van der Waals surface area contributed by atoms with Crippen molar-refractivity contribution in [3.63, 3.8) is 0 Å². The maximum Gasteiger partial charge on any atom is 0.145 e. The number of anilines is 1. The summed E-state index contributed by atoms with van der Waals surface area (Å²) in [6, 6.07) is 6.22. The summed E-state index contributed by atoms with van der Waals surface area (Å²) in [6.45, 7) is 4.29. The molecule has 0 aromatic heterocycles. The highest BCUT2D eigenvalue weighted by atomic mass is 16.5. The lowest BCUT2D eigenvalue weighted by atomic mass is 10.2. The average Bonchev–Trinajstić information content (AvgIpc) is 2.29. The van der Waals surface area contributed by atoms with E-state index in [1.165, 1.54) is 0 Å². The Bertz CT molecular complexity index is 312. The van der Waals surface area contributed by atoms with Gasteiger partial charge in [0.15, 0.2) is 0 Å². The third-order valence-corrected chi connectivity index (χ3v) is 2.42. The Morgan fingerprint density at radius 1 is 1.27 bits per heavy atom. The highest BCUT2D eigenvalue weighted by molar-refractivity contribution is 5.59. The quantitative estimate of drug-likeness (QED) is 0.808. The third-order valence-electron chi connectivity index (χ3n) is 2.42. The van der Waals surface area contributed by atoms with Crippen molar-refractivity contribution in [1.29, 1.82) is 0 Å². The number of benzene rings is 1. The zero-order valence-electron chi connectivity index (χ0n) is 9.83. The molecule has 0 saturated carbocycles. The molecule has 0 amide bonds. The van der Waals surface area contributed by atoms with Gasteiger partial charge in [-0.3, -0.25) is 0 Å². The molecule has 15 heavy (non-hydrogen) atoms. The second-order valence-electron chi connectivity index (χ2n) is 3.52. The number of nitrogens with one attached hydrogen (secondary N) is 1. The lowest BCUT2D eigenvalue weighted by Gasteiger charge is -2.16. The Labute approximate surface area is 91.4 Å². The predicted molar refractivity (Wildman–Crippen MR) is 62.9 cm³/mol. The largest absolute Gasteiger partial charge is 0.497 e. The van der Waals surface area contributed by atoms with Crippen LogP contribution in [0.4, 0.5) is 5.69 Å². The van der Waals surface area contributed by atoms with Gasteiger partial charge in [0.25, 0.3) is 0 Å². The second kappa shape index (κ2) is 5.49. The third kappa shape index (κ3) is 3.05. The number of methoxy groups -OCH3 is 2. The van der Waals surface area contributed by atoms with Crippen molar-refractivity contribution in [3.05, 3.63) is 18.2 Å². The Hall–Kier alpha value is -1.38. The first-order valence-electron chi connectivity index (χ1n) is 5.19. The van der Waals surface area contributed by atoms with E-state index < -0.39 is 0 Å². The minimum Gasteiger partial charge on any atom is -0.497 e. The maximum atomic E-state index is 5.29. The van der Waals surface area contributed by atoms with E-state index in [0.29, 0.717) is 6.04 Å². The summed E-state index contributed by atoms with van der Waals surface area (Å²) in [4.78, 5) is 0. The van der Waals surface area contributed by atoms with E-state index in [4.69, 9.17) is 9.47 Å². The van der Waals surface area contributed by atoms with Gasteiger partial charge in [-0.2, -0.15) is 0 Å². The molecule has 0 aliphatic rings. The van der Waals surface area contributed by atoms with Crippen LogP contribution in [-0.4, -0.2) is 20.3 Å². The van der Waals surface area contributed by atoms with Gasteiger partial charge in [0.2, 0.25) is 0 Å². The molecule has 1 atom stereocenters.